The molecular weight excluding hydrogens is 280 g/mol. The minimum absolute atomic E-state index is 0.0884. The van der Waals surface area contributed by atoms with Crippen molar-refractivity contribution in [2.24, 2.45) is 0 Å². The van der Waals surface area contributed by atoms with Crippen molar-refractivity contribution in [2.45, 2.75) is 38.2 Å². The normalized spacial score (nSPS) is 19.3. The molecule has 0 aliphatic carbocycles. The van der Waals surface area contributed by atoms with Crippen molar-refractivity contribution in [3.05, 3.63) is 29.3 Å². The fourth-order valence-electron chi connectivity index (χ4n) is 3.23. The van der Waals surface area contributed by atoms with E-state index in [9.17, 15) is 9.59 Å². The Kier molecular flexibility index (Phi) is 3.61. The Morgan fingerprint density at radius 2 is 2.14 bits per heavy atom. The number of likely N-dealkylation sites (tertiary alicyclic amines) is 1. The van der Waals surface area contributed by atoms with Crippen molar-refractivity contribution in [3.8, 4) is 11.8 Å². The van der Waals surface area contributed by atoms with Crippen LogP contribution in [0.1, 0.15) is 41.6 Å². The van der Waals surface area contributed by atoms with Gasteiger partial charge in [-0.05, 0) is 19.1 Å². The van der Waals surface area contributed by atoms with E-state index in [1.54, 1.807) is 4.90 Å². The zero-order chi connectivity index (χ0) is 15.7. The van der Waals surface area contributed by atoms with Gasteiger partial charge in [-0.25, -0.2) is 0 Å². The third kappa shape index (κ3) is 2.57. The fourth-order valence-corrected chi connectivity index (χ4v) is 3.23. The Balaban J connectivity index is 1.75. The first-order chi connectivity index (χ1) is 10.5. The summed E-state index contributed by atoms with van der Waals surface area (Å²) in [4.78, 5) is 25.9. The van der Waals surface area contributed by atoms with Gasteiger partial charge in [0.25, 0.3) is 0 Å². The molecule has 3 rings (SSSR count). The standard InChI is InChI=1S/C17H18N2O3/c1-12-2-3-15-13(10-12)14(20)11-17(22-15)5-8-19(9-6-17)16(21)4-7-18/h2-3,10H,4-6,8-9,11H2,1H3. The Morgan fingerprint density at radius 3 is 2.82 bits per heavy atom. The first-order valence-corrected chi connectivity index (χ1v) is 7.51. The molecule has 0 saturated carbocycles. The summed E-state index contributed by atoms with van der Waals surface area (Å²) in [5.74, 6) is 0.621. The van der Waals surface area contributed by atoms with Gasteiger partial charge in [0.15, 0.2) is 5.78 Å². The molecule has 2 aliphatic heterocycles. The Hall–Kier alpha value is -2.35. The third-order valence-corrected chi connectivity index (χ3v) is 4.50. The summed E-state index contributed by atoms with van der Waals surface area (Å²) in [5.41, 5.74) is 1.21. The van der Waals surface area contributed by atoms with Gasteiger partial charge < -0.3 is 9.64 Å². The van der Waals surface area contributed by atoms with Crippen LogP contribution >= 0.6 is 0 Å². The minimum atomic E-state index is -0.497. The van der Waals surface area contributed by atoms with Crippen LogP contribution in [0, 0.1) is 18.3 Å². The molecule has 1 fully saturated rings. The first-order valence-electron chi connectivity index (χ1n) is 7.51. The van der Waals surface area contributed by atoms with Gasteiger partial charge in [-0.1, -0.05) is 11.6 Å². The Morgan fingerprint density at radius 1 is 1.41 bits per heavy atom. The van der Waals surface area contributed by atoms with Gasteiger partial charge in [0.2, 0.25) is 5.91 Å². The number of ketones is 1. The summed E-state index contributed by atoms with van der Waals surface area (Å²) in [6.07, 6.45) is 1.53. The zero-order valence-corrected chi connectivity index (χ0v) is 12.6. The molecule has 1 spiro atoms. The van der Waals surface area contributed by atoms with E-state index in [4.69, 9.17) is 10.00 Å². The summed E-state index contributed by atoms with van der Waals surface area (Å²) < 4.78 is 6.15. The predicted molar refractivity (Wildman–Crippen MR) is 79.5 cm³/mol. The highest BCUT2D eigenvalue weighted by molar-refractivity contribution is 6.00. The molecule has 0 bridgehead atoms. The maximum Gasteiger partial charge on any atom is 0.236 e. The Labute approximate surface area is 129 Å². The SMILES string of the molecule is Cc1ccc2c(c1)C(=O)CC1(CCN(C(=O)CC#N)CC1)O2. The van der Waals surface area contributed by atoms with E-state index in [0.717, 1.165) is 5.56 Å². The van der Waals surface area contributed by atoms with Crippen LogP contribution in [0.15, 0.2) is 18.2 Å². The number of carbonyl (C=O) groups excluding carboxylic acids is 2. The molecule has 0 N–H and O–H groups in total. The highest BCUT2D eigenvalue weighted by Crippen LogP contribution is 2.39. The van der Waals surface area contributed by atoms with Gasteiger partial charge in [-0.3, -0.25) is 9.59 Å². The molecule has 0 unspecified atom stereocenters. The first kappa shape index (κ1) is 14.6. The van der Waals surface area contributed by atoms with Crippen molar-refractivity contribution >= 4 is 11.7 Å². The molecule has 0 aromatic heterocycles. The van der Waals surface area contributed by atoms with E-state index in [1.165, 1.54) is 0 Å². The zero-order valence-electron chi connectivity index (χ0n) is 12.6. The van der Waals surface area contributed by atoms with Crippen molar-refractivity contribution in [3.63, 3.8) is 0 Å². The number of rotatable bonds is 1. The summed E-state index contributed by atoms with van der Waals surface area (Å²) >= 11 is 0. The van der Waals surface area contributed by atoms with E-state index in [0.29, 0.717) is 43.7 Å². The molecule has 1 saturated heterocycles. The summed E-state index contributed by atoms with van der Waals surface area (Å²) in [6, 6.07) is 7.55. The lowest BCUT2D eigenvalue weighted by Crippen LogP contribution is -2.52. The molecule has 5 heteroatoms. The number of hydrogen-bond acceptors (Lipinski definition) is 4. The molecule has 114 valence electrons. The average Bonchev–Trinajstić information content (AvgIpc) is 2.49. The van der Waals surface area contributed by atoms with Crippen molar-refractivity contribution in [1.82, 2.24) is 4.90 Å². The van der Waals surface area contributed by atoms with E-state index < -0.39 is 5.60 Å². The van der Waals surface area contributed by atoms with Crippen LogP contribution in [0.3, 0.4) is 0 Å². The average molecular weight is 298 g/mol. The lowest BCUT2D eigenvalue weighted by molar-refractivity contribution is -0.133. The van der Waals surface area contributed by atoms with Gasteiger partial charge in [-0.2, -0.15) is 5.26 Å². The predicted octanol–water partition coefficient (Wildman–Crippen LogP) is 2.24. The van der Waals surface area contributed by atoms with Crippen LogP contribution in [-0.4, -0.2) is 35.3 Å². The number of nitriles is 1. The van der Waals surface area contributed by atoms with E-state index in [1.807, 2.05) is 31.2 Å². The van der Waals surface area contributed by atoms with Crippen LogP contribution in [0.4, 0.5) is 0 Å². The number of benzene rings is 1. The van der Waals surface area contributed by atoms with Gasteiger partial charge in [0, 0.05) is 25.9 Å². The van der Waals surface area contributed by atoms with E-state index in [-0.39, 0.29) is 18.1 Å². The highest BCUT2D eigenvalue weighted by Gasteiger charge is 2.43. The number of nitrogens with zero attached hydrogens (tertiary/aromatic N) is 2. The van der Waals surface area contributed by atoms with Crippen molar-refractivity contribution in [1.29, 1.82) is 5.26 Å². The molecule has 0 atom stereocenters. The van der Waals surface area contributed by atoms with Crippen molar-refractivity contribution in [2.75, 3.05) is 13.1 Å². The molecule has 1 amide bonds. The minimum Gasteiger partial charge on any atom is -0.486 e. The second-order valence-electron chi connectivity index (χ2n) is 6.10. The number of hydrogen-bond donors (Lipinski definition) is 0. The van der Waals surface area contributed by atoms with Crippen molar-refractivity contribution < 1.29 is 14.3 Å². The van der Waals surface area contributed by atoms with Gasteiger partial charge in [0.05, 0.1) is 18.1 Å². The number of piperidine rings is 1. The van der Waals surface area contributed by atoms with Crippen LogP contribution in [-0.2, 0) is 4.79 Å². The number of carbonyl (C=O) groups is 2. The summed E-state index contributed by atoms with van der Waals surface area (Å²) in [5, 5.41) is 8.61. The largest absolute Gasteiger partial charge is 0.486 e. The third-order valence-electron chi connectivity index (χ3n) is 4.50. The van der Waals surface area contributed by atoms with E-state index >= 15 is 0 Å². The maximum absolute atomic E-state index is 12.4. The summed E-state index contributed by atoms with van der Waals surface area (Å²) in [6.45, 7) is 3.03. The molecule has 2 aliphatic rings. The number of amides is 1. The number of aryl methyl sites for hydroxylation is 1. The van der Waals surface area contributed by atoms with Crippen LogP contribution in [0.25, 0.3) is 0 Å². The highest BCUT2D eigenvalue weighted by atomic mass is 16.5. The number of ether oxygens (including phenoxy) is 1. The van der Waals surface area contributed by atoms with E-state index in [2.05, 4.69) is 0 Å². The lowest BCUT2D eigenvalue weighted by atomic mass is 9.82. The summed E-state index contributed by atoms with van der Waals surface area (Å²) in [7, 11) is 0. The molecule has 5 nitrogen and oxygen atoms in total. The van der Waals surface area contributed by atoms with Crippen LogP contribution in [0.2, 0.25) is 0 Å². The lowest BCUT2D eigenvalue weighted by Gasteiger charge is -2.43. The fraction of sp³-hybridized carbons (Fsp3) is 0.471. The number of fused-ring (bicyclic) bond motifs is 1. The topological polar surface area (TPSA) is 70.4 Å². The monoisotopic (exact) mass is 298 g/mol. The van der Waals surface area contributed by atoms with Gasteiger partial charge in [0.1, 0.15) is 17.8 Å². The molecule has 1 aromatic rings. The quantitative estimate of drug-likeness (QED) is 0.797. The molecule has 2 heterocycles. The van der Waals surface area contributed by atoms with Gasteiger partial charge in [-0.15, -0.1) is 0 Å². The second-order valence-corrected chi connectivity index (χ2v) is 6.10. The van der Waals surface area contributed by atoms with Gasteiger partial charge >= 0.3 is 0 Å². The second kappa shape index (κ2) is 5.45. The Bertz CT molecular complexity index is 667. The number of Topliss-reactive ketones (excluding diaryl/α,β-unsaturated/α-hetero) is 1. The maximum atomic E-state index is 12.4. The molecule has 22 heavy (non-hydrogen) atoms. The molecule has 1 aromatic carbocycles. The molecular formula is C17H18N2O3. The molecule has 0 radical (unpaired) electrons. The van der Waals surface area contributed by atoms with Crippen LogP contribution < -0.4 is 4.74 Å². The smallest absolute Gasteiger partial charge is 0.236 e. The van der Waals surface area contributed by atoms with Crippen LogP contribution in [0.5, 0.6) is 5.75 Å².